The van der Waals surface area contributed by atoms with Crippen molar-refractivity contribution in [1.82, 2.24) is 0 Å². The Kier molecular flexibility index (Phi) is 2.08. The van der Waals surface area contributed by atoms with Crippen molar-refractivity contribution < 1.29 is 4.74 Å². The topological polar surface area (TPSA) is 21.6 Å². The van der Waals surface area contributed by atoms with Crippen molar-refractivity contribution in [3.8, 4) is 5.75 Å². The van der Waals surface area contributed by atoms with Crippen LogP contribution < -0.4 is 4.74 Å². The summed E-state index contributed by atoms with van der Waals surface area (Å²) >= 11 is 0. The average molecular weight is 161 g/mol. The Bertz CT molecular complexity index is 279. The van der Waals surface area contributed by atoms with Crippen LogP contribution in [0, 0.1) is 0 Å². The zero-order valence-corrected chi connectivity index (χ0v) is 6.86. The molecule has 1 aliphatic rings. The molecule has 0 atom stereocenters. The minimum atomic E-state index is 0.876. The van der Waals surface area contributed by atoms with E-state index in [1.165, 1.54) is 0 Å². The van der Waals surface area contributed by atoms with E-state index in [0.29, 0.717) is 0 Å². The van der Waals surface area contributed by atoms with Crippen LogP contribution in [0.5, 0.6) is 5.75 Å². The quantitative estimate of drug-likeness (QED) is 0.619. The van der Waals surface area contributed by atoms with E-state index in [4.69, 9.17) is 4.74 Å². The molecule has 0 radical (unpaired) electrons. The third kappa shape index (κ3) is 1.64. The van der Waals surface area contributed by atoms with Gasteiger partial charge in [-0.1, -0.05) is 18.2 Å². The highest BCUT2D eigenvalue weighted by molar-refractivity contribution is 5.79. The second-order valence-corrected chi connectivity index (χ2v) is 2.79. The van der Waals surface area contributed by atoms with E-state index in [1.54, 1.807) is 0 Å². The highest BCUT2D eigenvalue weighted by Gasteiger charge is 2.07. The molecule has 1 heterocycles. The van der Waals surface area contributed by atoms with Crippen molar-refractivity contribution in [2.45, 2.75) is 12.8 Å². The molecule has 0 saturated heterocycles. The maximum atomic E-state index is 5.53. The van der Waals surface area contributed by atoms with Crippen molar-refractivity contribution in [2.24, 2.45) is 4.99 Å². The molecule has 0 unspecified atom stereocenters. The molecule has 0 aromatic heterocycles. The van der Waals surface area contributed by atoms with E-state index in [2.05, 4.69) is 4.99 Å². The van der Waals surface area contributed by atoms with E-state index in [0.717, 1.165) is 31.0 Å². The van der Waals surface area contributed by atoms with Gasteiger partial charge in [-0.25, -0.2) is 0 Å². The standard InChI is InChI=1S/C10H11NO/c1-2-5-9(6-3-1)12-10-7-4-8-11-10/h1-3,5-6H,4,7-8H2. The molecular formula is C10H11NO. The third-order valence-corrected chi connectivity index (χ3v) is 1.82. The number of hydrogen-bond acceptors (Lipinski definition) is 2. The van der Waals surface area contributed by atoms with Crippen LogP contribution in [-0.2, 0) is 0 Å². The molecule has 0 bridgehead atoms. The summed E-state index contributed by atoms with van der Waals surface area (Å²) in [5.41, 5.74) is 0. The molecular weight excluding hydrogens is 150 g/mol. The first kappa shape index (κ1) is 7.35. The molecule has 12 heavy (non-hydrogen) atoms. The first-order valence-corrected chi connectivity index (χ1v) is 4.21. The van der Waals surface area contributed by atoms with Gasteiger partial charge in [0, 0.05) is 13.0 Å². The van der Waals surface area contributed by atoms with Crippen LogP contribution in [0.1, 0.15) is 12.8 Å². The van der Waals surface area contributed by atoms with Gasteiger partial charge < -0.3 is 4.74 Å². The van der Waals surface area contributed by atoms with Gasteiger partial charge in [0.15, 0.2) is 5.90 Å². The summed E-state index contributed by atoms with van der Waals surface area (Å²) in [6.07, 6.45) is 2.11. The zero-order chi connectivity index (χ0) is 8.23. The van der Waals surface area contributed by atoms with E-state index in [-0.39, 0.29) is 0 Å². The molecule has 1 aromatic carbocycles. The summed E-state index contributed by atoms with van der Waals surface area (Å²) in [6, 6.07) is 9.79. The maximum absolute atomic E-state index is 5.53. The van der Waals surface area contributed by atoms with Gasteiger partial charge in [0.1, 0.15) is 5.75 Å². The van der Waals surface area contributed by atoms with Crippen LogP contribution in [0.15, 0.2) is 35.3 Å². The Morgan fingerprint density at radius 2 is 2.00 bits per heavy atom. The summed E-state index contributed by atoms with van der Waals surface area (Å²) in [4.78, 5) is 4.23. The zero-order valence-electron chi connectivity index (χ0n) is 6.86. The average Bonchev–Trinajstić information content (AvgIpc) is 2.59. The van der Waals surface area contributed by atoms with Crippen LogP contribution in [0.3, 0.4) is 0 Å². The minimum Gasteiger partial charge on any atom is -0.443 e. The summed E-state index contributed by atoms with van der Waals surface area (Å²) in [7, 11) is 0. The predicted octanol–water partition coefficient (Wildman–Crippen LogP) is 2.26. The van der Waals surface area contributed by atoms with Crippen molar-refractivity contribution in [2.75, 3.05) is 6.54 Å². The number of para-hydroxylation sites is 1. The number of ether oxygens (including phenoxy) is 1. The largest absolute Gasteiger partial charge is 0.443 e. The lowest BCUT2D eigenvalue weighted by Crippen LogP contribution is -2.03. The van der Waals surface area contributed by atoms with Gasteiger partial charge in [0.05, 0.1) is 0 Å². The van der Waals surface area contributed by atoms with Gasteiger partial charge in [-0.05, 0) is 18.6 Å². The lowest BCUT2D eigenvalue weighted by molar-refractivity contribution is 0.539. The van der Waals surface area contributed by atoms with Crippen LogP contribution >= 0.6 is 0 Å². The Morgan fingerprint density at radius 3 is 2.67 bits per heavy atom. The van der Waals surface area contributed by atoms with Crippen molar-refractivity contribution >= 4 is 5.90 Å². The monoisotopic (exact) mass is 161 g/mol. The molecule has 0 aliphatic carbocycles. The first-order chi connectivity index (χ1) is 5.95. The van der Waals surface area contributed by atoms with Gasteiger partial charge in [-0.3, -0.25) is 4.99 Å². The fraction of sp³-hybridized carbons (Fsp3) is 0.300. The molecule has 0 amide bonds. The SMILES string of the molecule is c1ccc(OC2=NCCC2)cc1. The van der Waals surface area contributed by atoms with E-state index in [1.807, 2.05) is 30.3 Å². The van der Waals surface area contributed by atoms with Gasteiger partial charge in [-0.15, -0.1) is 0 Å². The fourth-order valence-electron chi connectivity index (χ4n) is 1.22. The predicted molar refractivity (Wildman–Crippen MR) is 48.6 cm³/mol. The van der Waals surface area contributed by atoms with Crippen LogP contribution in [-0.4, -0.2) is 12.4 Å². The van der Waals surface area contributed by atoms with Crippen molar-refractivity contribution in [3.63, 3.8) is 0 Å². The molecule has 0 spiro atoms. The fourth-order valence-corrected chi connectivity index (χ4v) is 1.22. The molecule has 1 aromatic rings. The van der Waals surface area contributed by atoms with Crippen LogP contribution in [0.25, 0.3) is 0 Å². The molecule has 2 nitrogen and oxygen atoms in total. The van der Waals surface area contributed by atoms with Gasteiger partial charge in [0.2, 0.25) is 0 Å². The lowest BCUT2D eigenvalue weighted by atomic mass is 10.3. The summed E-state index contributed by atoms with van der Waals surface area (Å²) in [5.74, 6) is 1.76. The number of aliphatic imine (C=N–C) groups is 1. The maximum Gasteiger partial charge on any atom is 0.190 e. The van der Waals surface area contributed by atoms with E-state index >= 15 is 0 Å². The smallest absolute Gasteiger partial charge is 0.190 e. The minimum absolute atomic E-state index is 0.876. The van der Waals surface area contributed by atoms with Crippen LogP contribution in [0.2, 0.25) is 0 Å². The molecule has 0 N–H and O–H groups in total. The number of hydrogen-bond donors (Lipinski definition) is 0. The van der Waals surface area contributed by atoms with E-state index < -0.39 is 0 Å². The normalized spacial score (nSPS) is 15.8. The highest BCUT2D eigenvalue weighted by Crippen LogP contribution is 2.13. The lowest BCUT2D eigenvalue weighted by Gasteiger charge is -2.02. The van der Waals surface area contributed by atoms with E-state index in [9.17, 15) is 0 Å². The molecule has 2 rings (SSSR count). The number of benzene rings is 1. The van der Waals surface area contributed by atoms with Gasteiger partial charge in [-0.2, -0.15) is 0 Å². The Labute approximate surface area is 71.9 Å². The number of nitrogens with zero attached hydrogens (tertiary/aromatic N) is 1. The number of rotatable bonds is 1. The molecule has 62 valence electrons. The molecule has 2 heteroatoms. The van der Waals surface area contributed by atoms with Crippen LogP contribution in [0.4, 0.5) is 0 Å². The van der Waals surface area contributed by atoms with Crippen molar-refractivity contribution in [3.05, 3.63) is 30.3 Å². The van der Waals surface area contributed by atoms with Gasteiger partial charge in [0.25, 0.3) is 0 Å². The molecule has 0 fully saturated rings. The summed E-state index contributed by atoms with van der Waals surface area (Å²) in [5, 5.41) is 0. The summed E-state index contributed by atoms with van der Waals surface area (Å²) < 4.78 is 5.53. The van der Waals surface area contributed by atoms with Crippen molar-refractivity contribution in [1.29, 1.82) is 0 Å². The molecule has 0 saturated carbocycles. The second-order valence-electron chi connectivity index (χ2n) is 2.79. The second kappa shape index (κ2) is 3.39. The highest BCUT2D eigenvalue weighted by atomic mass is 16.5. The summed E-state index contributed by atoms with van der Waals surface area (Å²) in [6.45, 7) is 0.919. The third-order valence-electron chi connectivity index (χ3n) is 1.82. The molecule has 1 aliphatic heterocycles. The Balaban J connectivity index is 2.04. The first-order valence-electron chi connectivity index (χ1n) is 4.21. The Morgan fingerprint density at radius 1 is 1.17 bits per heavy atom. The Hall–Kier alpha value is -1.31. The van der Waals surface area contributed by atoms with Gasteiger partial charge >= 0.3 is 0 Å².